The molecule has 1 amide bonds. The van der Waals surface area contributed by atoms with Gasteiger partial charge in [0.2, 0.25) is 5.91 Å². The maximum Gasteiger partial charge on any atom is 0.298 e. The zero-order valence-corrected chi connectivity index (χ0v) is 14.9. The number of nitriles is 1. The number of hydrogen-bond acceptors (Lipinski definition) is 6. The lowest BCUT2D eigenvalue weighted by atomic mass is 9.94. The average Bonchev–Trinajstić information content (AvgIpc) is 3.36. The third kappa shape index (κ3) is 3.45. The Morgan fingerprint density at radius 3 is 2.57 bits per heavy atom. The molecule has 1 saturated heterocycles. The fraction of sp³-hybridized carbons (Fsp3) is 0.368. The van der Waals surface area contributed by atoms with Gasteiger partial charge in [0.15, 0.2) is 5.69 Å². The quantitative estimate of drug-likeness (QED) is 0.811. The fourth-order valence-electron chi connectivity index (χ4n) is 3.64. The Bertz CT molecular complexity index is 939. The number of rotatable bonds is 3. The summed E-state index contributed by atoms with van der Waals surface area (Å²) in [6.45, 7) is 1.11. The number of halogens is 2. The van der Waals surface area contributed by atoms with E-state index >= 15 is 0 Å². The van der Waals surface area contributed by atoms with E-state index in [9.17, 15) is 13.6 Å². The Morgan fingerprint density at radius 1 is 1.21 bits per heavy atom. The summed E-state index contributed by atoms with van der Waals surface area (Å²) < 4.78 is 32.4. The van der Waals surface area contributed by atoms with E-state index in [4.69, 9.17) is 9.68 Å². The summed E-state index contributed by atoms with van der Waals surface area (Å²) in [5.74, 6) is -1.76. The Labute approximate surface area is 159 Å². The smallest absolute Gasteiger partial charge is 0.298 e. The molecule has 0 aliphatic carbocycles. The first-order valence-corrected chi connectivity index (χ1v) is 8.97. The highest BCUT2D eigenvalue weighted by Crippen LogP contribution is 2.33. The van der Waals surface area contributed by atoms with Crippen LogP contribution in [0.15, 0.2) is 34.0 Å². The van der Waals surface area contributed by atoms with Gasteiger partial charge in [-0.2, -0.15) is 15.3 Å². The van der Waals surface area contributed by atoms with Crippen molar-refractivity contribution in [1.82, 2.24) is 9.99 Å². The van der Waals surface area contributed by atoms with E-state index in [0.717, 1.165) is 6.07 Å². The number of carbonyl (C=O) groups excluding carboxylic acids is 1. The van der Waals surface area contributed by atoms with Crippen molar-refractivity contribution in [3.05, 3.63) is 47.4 Å². The number of benzene rings is 1. The van der Waals surface area contributed by atoms with Crippen LogP contribution in [0, 0.1) is 28.9 Å². The second-order valence-corrected chi connectivity index (χ2v) is 6.82. The third-order valence-electron chi connectivity index (χ3n) is 5.05. The summed E-state index contributed by atoms with van der Waals surface area (Å²) in [4.78, 5) is 18.9. The first kappa shape index (κ1) is 18.1. The van der Waals surface area contributed by atoms with Gasteiger partial charge < -0.3 is 9.32 Å². The summed E-state index contributed by atoms with van der Waals surface area (Å²) in [6, 6.07) is 5.07. The van der Waals surface area contributed by atoms with E-state index < -0.39 is 17.7 Å². The third-order valence-corrected chi connectivity index (χ3v) is 5.05. The van der Waals surface area contributed by atoms with Crippen LogP contribution in [-0.4, -0.2) is 35.2 Å². The Balaban J connectivity index is 1.43. The number of aromatic nitrogens is 1. The molecule has 0 radical (unpaired) electrons. The minimum atomic E-state index is -0.676. The van der Waals surface area contributed by atoms with Crippen molar-refractivity contribution in [1.29, 1.82) is 5.26 Å². The number of nitrogens with zero attached hydrogens (tertiary/aromatic N) is 5. The molecule has 7 nitrogen and oxygen atoms in total. The molecule has 2 aromatic rings. The van der Waals surface area contributed by atoms with Gasteiger partial charge in [0.25, 0.3) is 6.01 Å². The van der Waals surface area contributed by atoms with E-state index in [2.05, 4.69) is 10.1 Å². The van der Waals surface area contributed by atoms with Crippen molar-refractivity contribution in [3.63, 3.8) is 0 Å². The first-order chi connectivity index (χ1) is 13.5. The van der Waals surface area contributed by atoms with Crippen molar-refractivity contribution in [3.8, 4) is 6.07 Å². The maximum atomic E-state index is 13.6. The highest BCUT2D eigenvalue weighted by Gasteiger charge is 2.35. The molecule has 1 fully saturated rings. The Hall–Kier alpha value is -3.28. The molecule has 2 aliphatic heterocycles. The normalized spacial score (nSPS) is 19.8. The predicted octanol–water partition coefficient (Wildman–Crippen LogP) is 3.00. The van der Waals surface area contributed by atoms with Gasteiger partial charge >= 0.3 is 0 Å². The number of oxazole rings is 1. The Kier molecular flexibility index (Phi) is 4.77. The van der Waals surface area contributed by atoms with Gasteiger partial charge in [0.05, 0.1) is 6.04 Å². The van der Waals surface area contributed by atoms with Crippen LogP contribution in [0.3, 0.4) is 0 Å². The maximum absolute atomic E-state index is 13.6. The zero-order valence-electron chi connectivity index (χ0n) is 14.9. The second-order valence-electron chi connectivity index (χ2n) is 6.82. The molecule has 1 aromatic heterocycles. The number of amides is 1. The molecule has 0 bridgehead atoms. The van der Waals surface area contributed by atoms with Gasteiger partial charge in [-0.25, -0.2) is 13.8 Å². The molecule has 1 unspecified atom stereocenters. The molecule has 1 atom stereocenters. The predicted molar refractivity (Wildman–Crippen MR) is 95.2 cm³/mol. The molecule has 0 N–H and O–H groups in total. The summed E-state index contributed by atoms with van der Waals surface area (Å²) in [6.07, 6.45) is 4.45. The van der Waals surface area contributed by atoms with Gasteiger partial charge in [0, 0.05) is 37.7 Å². The van der Waals surface area contributed by atoms with Crippen LogP contribution in [-0.2, 0) is 4.79 Å². The molecular weight excluding hydrogens is 368 g/mol. The van der Waals surface area contributed by atoms with Gasteiger partial charge in [-0.3, -0.25) is 4.79 Å². The van der Waals surface area contributed by atoms with Gasteiger partial charge in [-0.15, -0.1) is 0 Å². The van der Waals surface area contributed by atoms with Crippen LogP contribution in [0.1, 0.15) is 36.6 Å². The summed E-state index contributed by atoms with van der Waals surface area (Å²) >= 11 is 0. The fourth-order valence-corrected chi connectivity index (χ4v) is 3.64. The summed E-state index contributed by atoms with van der Waals surface area (Å²) in [7, 11) is 0. The zero-order chi connectivity index (χ0) is 19.7. The first-order valence-electron chi connectivity index (χ1n) is 8.97. The van der Waals surface area contributed by atoms with Gasteiger partial charge in [-0.05, 0) is 30.5 Å². The monoisotopic (exact) mass is 385 g/mol. The summed E-state index contributed by atoms with van der Waals surface area (Å²) in [5.41, 5.74) is 0.606. The molecule has 3 heterocycles. The van der Waals surface area contributed by atoms with Gasteiger partial charge in [-0.1, -0.05) is 0 Å². The lowest BCUT2D eigenvalue weighted by Gasteiger charge is -2.33. The number of anilines is 1. The molecule has 28 heavy (non-hydrogen) atoms. The van der Waals surface area contributed by atoms with Crippen LogP contribution in [0.2, 0.25) is 0 Å². The molecule has 2 aliphatic rings. The molecule has 1 aromatic carbocycles. The lowest BCUT2D eigenvalue weighted by molar-refractivity contribution is -0.138. The largest absolute Gasteiger partial charge is 0.431 e. The Morgan fingerprint density at radius 2 is 1.93 bits per heavy atom. The summed E-state index contributed by atoms with van der Waals surface area (Å²) in [5, 5.41) is 14.3. The van der Waals surface area contributed by atoms with Crippen molar-refractivity contribution in [2.45, 2.75) is 25.3 Å². The van der Waals surface area contributed by atoms with Crippen LogP contribution < -0.4 is 4.90 Å². The van der Waals surface area contributed by atoms with Crippen LogP contribution >= 0.6 is 0 Å². The number of hydrazone groups is 1. The second kappa shape index (κ2) is 7.38. The van der Waals surface area contributed by atoms with E-state index in [0.29, 0.717) is 43.9 Å². The average molecular weight is 385 g/mol. The molecule has 4 rings (SSSR count). The van der Waals surface area contributed by atoms with Crippen molar-refractivity contribution in [2.24, 2.45) is 11.0 Å². The van der Waals surface area contributed by atoms with Crippen LogP contribution in [0.5, 0.6) is 0 Å². The van der Waals surface area contributed by atoms with E-state index in [-0.39, 0.29) is 17.5 Å². The van der Waals surface area contributed by atoms with Crippen LogP contribution in [0.4, 0.5) is 14.8 Å². The van der Waals surface area contributed by atoms with Crippen molar-refractivity contribution in [2.75, 3.05) is 18.0 Å². The van der Waals surface area contributed by atoms with Crippen molar-refractivity contribution < 1.29 is 18.0 Å². The lowest BCUT2D eigenvalue weighted by Crippen LogP contribution is -2.41. The highest BCUT2D eigenvalue weighted by atomic mass is 19.1. The molecule has 9 heteroatoms. The molecule has 144 valence electrons. The molecule has 0 spiro atoms. The van der Waals surface area contributed by atoms with E-state index in [1.807, 2.05) is 11.0 Å². The minimum absolute atomic E-state index is 0.159. The number of hydrogen-bond donors (Lipinski definition) is 0. The van der Waals surface area contributed by atoms with Gasteiger partial charge in [0.1, 0.15) is 24.0 Å². The van der Waals surface area contributed by atoms with Crippen molar-refractivity contribution >= 4 is 18.1 Å². The SMILES string of the molecule is N#Cc1coc(N2CCC(C(=O)N3N=CCC3c3cc(F)cc(F)c3)CC2)n1. The minimum Gasteiger partial charge on any atom is -0.431 e. The van der Waals surface area contributed by atoms with Crippen LogP contribution in [0.25, 0.3) is 0 Å². The topological polar surface area (TPSA) is 85.7 Å². The van der Waals surface area contributed by atoms with E-state index in [1.54, 1.807) is 6.21 Å². The van der Waals surface area contributed by atoms with E-state index in [1.165, 1.54) is 23.4 Å². The number of piperidine rings is 1. The molecular formula is C19H17F2N5O2. The number of carbonyl (C=O) groups is 1. The highest BCUT2D eigenvalue weighted by molar-refractivity contribution is 5.82. The standard InChI is InChI=1S/C19H17F2N5O2/c20-14-7-13(8-15(21)9-14)17-1-4-23-26(17)18(27)12-2-5-25(6-3-12)19-24-16(10-22)11-28-19/h4,7-9,11-12,17H,1-3,5-6H2. The molecule has 0 saturated carbocycles.